The van der Waals surface area contributed by atoms with Crippen molar-refractivity contribution in [2.45, 2.75) is 71.1 Å². The third kappa shape index (κ3) is 4.59. The minimum atomic E-state index is -0.264. The van der Waals surface area contributed by atoms with E-state index in [-0.39, 0.29) is 23.9 Å². The maximum absolute atomic E-state index is 12.4. The van der Waals surface area contributed by atoms with Gasteiger partial charge in [-0.3, -0.25) is 9.59 Å². The van der Waals surface area contributed by atoms with Crippen molar-refractivity contribution in [3.8, 4) is 0 Å². The van der Waals surface area contributed by atoms with Crippen LogP contribution in [0.1, 0.15) is 70.3 Å². The summed E-state index contributed by atoms with van der Waals surface area (Å²) in [5.74, 6) is 2.00. The molecule has 0 spiro atoms. The van der Waals surface area contributed by atoms with Gasteiger partial charge in [0.1, 0.15) is 0 Å². The fourth-order valence-corrected chi connectivity index (χ4v) is 6.34. The van der Waals surface area contributed by atoms with Gasteiger partial charge in [0.25, 0.3) is 5.91 Å². The first-order chi connectivity index (χ1) is 13.5. The van der Waals surface area contributed by atoms with Gasteiger partial charge in [0, 0.05) is 5.69 Å². The molecule has 4 aliphatic rings. The lowest BCUT2D eigenvalue weighted by atomic mass is 9.49. The third-order valence-electron chi connectivity index (χ3n) is 7.11. The molecule has 1 N–H and O–H groups in total. The number of nitrogens with one attached hydrogen (secondary N) is 1. The zero-order chi connectivity index (χ0) is 19.6. The normalized spacial score (nSPS) is 30.2. The molecular weight excluding hydrogens is 350 g/mol. The van der Waals surface area contributed by atoms with Crippen molar-refractivity contribution in [2.75, 3.05) is 11.9 Å². The highest BCUT2D eigenvalue weighted by atomic mass is 16.5. The maximum atomic E-state index is 12.4. The number of amides is 1. The second-order valence-electron chi connectivity index (χ2n) is 9.60. The van der Waals surface area contributed by atoms with E-state index in [9.17, 15) is 9.59 Å². The summed E-state index contributed by atoms with van der Waals surface area (Å²) in [4.78, 5) is 24.6. The van der Waals surface area contributed by atoms with E-state index in [1.54, 1.807) is 0 Å². The van der Waals surface area contributed by atoms with Crippen molar-refractivity contribution >= 4 is 17.6 Å². The van der Waals surface area contributed by atoms with E-state index >= 15 is 0 Å². The highest BCUT2D eigenvalue weighted by molar-refractivity contribution is 5.92. The predicted molar refractivity (Wildman–Crippen MR) is 110 cm³/mol. The zero-order valence-corrected chi connectivity index (χ0v) is 17.0. The molecule has 152 valence electrons. The number of unbranched alkanes of at least 4 members (excludes halogenated alkanes) is 1. The molecular formula is C24H33NO3. The lowest BCUT2D eigenvalue weighted by Crippen LogP contribution is -2.47. The van der Waals surface area contributed by atoms with Gasteiger partial charge in [-0.25, -0.2) is 0 Å². The Kier molecular flexibility index (Phi) is 5.75. The summed E-state index contributed by atoms with van der Waals surface area (Å²) in [6.07, 6.45) is 11.6. The van der Waals surface area contributed by atoms with Crippen molar-refractivity contribution in [2.24, 2.45) is 23.2 Å². The van der Waals surface area contributed by atoms with Crippen LogP contribution in [0.5, 0.6) is 0 Å². The molecule has 0 heterocycles. The molecule has 0 atom stereocenters. The molecule has 0 aromatic heterocycles. The topological polar surface area (TPSA) is 55.4 Å². The molecule has 4 saturated carbocycles. The Morgan fingerprint density at radius 3 is 2.21 bits per heavy atom. The van der Waals surface area contributed by atoms with Gasteiger partial charge in [0.2, 0.25) is 0 Å². The van der Waals surface area contributed by atoms with Gasteiger partial charge >= 0.3 is 5.97 Å². The van der Waals surface area contributed by atoms with Crippen molar-refractivity contribution in [3.05, 3.63) is 29.8 Å². The van der Waals surface area contributed by atoms with Gasteiger partial charge in [-0.05, 0) is 92.2 Å². The second-order valence-corrected chi connectivity index (χ2v) is 9.60. The highest BCUT2D eigenvalue weighted by Crippen LogP contribution is 2.61. The minimum Gasteiger partial charge on any atom is -0.456 e. The van der Waals surface area contributed by atoms with Crippen LogP contribution in [-0.4, -0.2) is 18.5 Å². The van der Waals surface area contributed by atoms with Crippen molar-refractivity contribution in [1.29, 1.82) is 0 Å². The first-order valence-electron chi connectivity index (χ1n) is 11.1. The van der Waals surface area contributed by atoms with Crippen LogP contribution in [0.3, 0.4) is 0 Å². The van der Waals surface area contributed by atoms with Crippen LogP contribution in [0, 0.1) is 23.2 Å². The average Bonchev–Trinajstić information content (AvgIpc) is 2.64. The molecule has 0 unspecified atom stereocenters. The summed E-state index contributed by atoms with van der Waals surface area (Å²) in [5, 5.41) is 2.82. The summed E-state index contributed by atoms with van der Waals surface area (Å²) in [6.45, 7) is 1.99. The van der Waals surface area contributed by atoms with Crippen molar-refractivity contribution < 1.29 is 14.3 Å². The van der Waals surface area contributed by atoms with Crippen LogP contribution in [0.25, 0.3) is 0 Å². The molecule has 4 heteroatoms. The number of hydrogen-bond donors (Lipinski definition) is 1. The smallest absolute Gasteiger partial charge is 0.306 e. The van der Waals surface area contributed by atoms with E-state index in [0.29, 0.717) is 6.42 Å². The molecule has 4 aliphatic carbocycles. The predicted octanol–water partition coefficient (Wildman–Crippen LogP) is 5.12. The van der Waals surface area contributed by atoms with Crippen LogP contribution in [-0.2, 0) is 20.7 Å². The molecule has 0 radical (unpaired) electrons. The van der Waals surface area contributed by atoms with Gasteiger partial charge in [0.15, 0.2) is 6.61 Å². The number of ether oxygens (including phenoxy) is 1. The fraction of sp³-hybridized carbons (Fsp3) is 0.667. The van der Waals surface area contributed by atoms with Gasteiger partial charge in [-0.2, -0.15) is 0 Å². The van der Waals surface area contributed by atoms with Crippen LogP contribution in [0.2, 0.25) is 0 Å². The zero-order valence-electron chi connectivity index (χ0n) is 17.0. The van der Waals surface area contributed by atoms with Crippen molar-refractivity contribution in [1.82, 2.24) is 0 Å². The second kappa shape index (κ2) is 8.26. The summed E-state index contributed by atoms with van der Waals surface area (Å²) >= 11 is 0. The maximum Gasteiger partial charge on any atom is 0.306 e. The SMILES string of the molecule is CCCCc1ccc(NC(=O)COC(=O)CC23CC4CC(CC(C4)C2)C3)cc1. The first-order valence-corrected chi connectivity index (χ1v) is 11.1. The van der Waals surface area contributed by atoms with Gasteiger partial charge < -0.3 is 10.1 Å². The molecule has 1 aromatic carbocycles. The standard InChI is InChI=1S/C24H33NO3/c1-2-3-4-17-5-7-21(8-6-17)25-22(26)16-28-23(27)15-24-12-18-9-19(13-24)11-20(10-18)14-24/h5-8,18-20H,2-4,9-16H2,1H3,(H,25,26). The summed E-state index contributed by atoms with van der Waals surface area (Å²) in [7, 11) is 0. The number of hydrogen-bond acceptors (Lipinski definition) is 3. The van der Waals surface area contributed by atoms with Crippen LogP contribution < -0.4 is 5.32 Å². The Labute approximate surface area is 168 Å². The number of aryl methyl sites for hydroxylation is 1. The van der Waals surface area contributed by atoms with Gasteiger partial charge in [-0.1, -0.05) is 25.5 Å². The van der Waals surface area contributed by atoms with Crippen molar-refractivity contribution in [3.63, 3.8) is 0 Å². The van der Waals surface area contributed by atoms with E-state index in [1.807, 2.05) is 24.3 Å². The van der Waals surface area contributed by atoms with Gasteiger partial charge in [-0.15, -0.1) is 0 Å². The Morgan fingerprint density at radius 1 is 1.04 bits per heavy atom. The Morgan fingerprint density at radius 2 is 1.64 bits per heavy atom. The van der Waals surface area contributed by atoms with Crippen LogP contribution in [0.15, 0.2) is 24.3 Å². The Hall–Kier alpha value is -1.84. The monoisotopic (exact) mass is 383 g/mol. The van der Waals surface area contributed by atoms with E-state index < -0.39 is 0 Å². The summed E-state index contributed by atoms with van der Waals surface area (Å²) in [6, 6.07) is 7.93. The molecule has 5 rings (SSSR count). The first kappa shape index (κ1) is 19.5. The molecule has 4 bridgehead atoms. The third-order valence-corrected chi connectivity index (χ3v) is 7.11. The van der Waals surface area contributed by atoms with E-state index in [4.69, 9.17) is 4.74 Å². The highest BCUT2D eigenvalue weighted by Gasteiger charge is 2.51. The number of carbonyl (C=O) groups excluding carboxylic acids is 2. The van der Waals surface area contributed by atoms with Crippen LogP contribution >= 0.6 is 0 Å². The molecule has 1 amide bonds. The lowest BCUT2D eigenvalue weighted by molar-refractivity contribution is -0.154. The minimum absolute atomic E-state index is 0.163. The Bertz CT molecular complexity index is 674. The molecule has 4 nitrogen and oxygen atoms in total. The van der Waals surface area contributed by atoms with E-state index in [1.165, 1.54) is 56.9 Å². The average molecular weight is 384 g/mol. The molecule has 28 heavy (non-hydrogen) atoms. The number of benzene rings is 1. The van der Waals surface area contributed by atoms with E-state index in [0.717, 1.165) is 29.9 Å². The molecule has 0 aliphatic heterocycles. The molecule has 1 aromatic rings. The lowest BCUT2D eigenvalue weighted by Gasteiger charge is -2.56. The number of anilines is 1. The fourth-order valence-electron chi connectivity index (χ4n) is 6.34. The van der Waals surface area contributed by atoms with E-state index in [2.05, 4.69) is 12.2 Å². The quantitative estimate of drug-likeness (QED) is 0.634. The van der Waals surface area contributed by atoms with Crippen LogP contribution in [0.4, 0.5) is 5.69 Å². The summed E-state index contributed by atoms with van der Waals surface area (Å²) in [5.41, 5.74) is 2.20. The Balaban J connectivity index is 1.22. The molecule has 0 saturated heterocycles. The number of rotatable bonds is 8. The summed E-state index contributed by atoms with van der Waals surface area (Å²) < 4.78 is 5.34. The number of esters is 1. The largest absolute Gasteiger partial charge is 0.456 e. The number of carbonyl (C=O) groups is 2. The molecule has 4 fully saturated rings. The van der Waals surface area contributed by atoms with Gasteiger partial charge in [0.05, 0.1) is 6.42 Å².